The van der Waals surface area contributed by atoms with Crippen molar-refractivity contribution in [1.29, 1.82) is 0 Å². The topological polar surface area (TPSA) is 30.5 Å². The monoisotopic (exact) mass is 327 g/mol. The van der Waals surface area contributed by atoms with Crippen molar-refractivity contribution >= 4 is 5.69 Å². The molecular weight excluding hydrogens is 298 g/mol. The summed E-state index contributed by atoms with van der Waals surface area (Å²) in [5.41, 5.74) is 2.34. The highest BCUT2D eigenvalue weighted by atomic mass is 16.5. The van der Waals surface area contributed by atoms with Crippen LogP contribution < -0.4 is 14.8 Å². The van der Waals surface area contributed by atoms with Gasteiger partial charge in [-0.15, -0.1) is 0 Å². The first-order chi connectivity index (χ1) is 11.7. The molecule has 0 heterocycles. The minimum atomic E-state index is 0.467. The zero-order chi connectivity index (χ0) is 17.2. The Kier molecular flexibility index (Phi) is 7.47. The van der Waals surface area contributed by atoms with E-state index in [-0.39, 0.29) is 0 Å². The largest absolute Gasteiger partial charge is 0.494 e. The summed E-state index contributed by atoms with van der Waals surface area (Å²) in [6, 6.07) is 16.4. The third-order valence-corrected chi connectivity index (χ3v) is 3.85. The van der Waals surface area contributed by atoms with Gasteiger partial charge in [0.1, 0.15) is 18.1 Å². The maximum absolute atomic E-state index is 5.92. The number of ether oxygens (including phenoxy) is 2. The van der Waals surface area contributed by atoms with Crippen LogP contribution in [0.15, 0.2) is 48.5 Å². The molecule has 24 heavy (non-hydrogen) atoms. The number of hydrogen-bond donors (Lipinski definition) is 1. The maximum Gasteiger partial charge on any atom is 0.122 e. The van der Waals surface area contributed by atoms with Crippen LogP contribution in [-0.2, 0) is 0 Å². The quantitative estimate of drug-likeness (QED) is 0.586. The Bertz CT molecular complexity index is 593. The van der Waals surface area contributed by atoms with Gasteiger partial charge in [-0.05, 0) is 48.2 Å². The van der Waals surface area contributed by atoms with E-state index >= 15 is 0 Å². The molecular formula is C21H29NO2. The van der Waals surface area contributed by atoms with E-state index in [9.17, 15) is 0 Å². The van der Waals surface area contributed by atoms with Gasteiger partial charge in [-0.3, -0.25) is 0 Å². The Morgan fingerprint density at radius 1 is 0.917 bits per heavy atom. The lowest BCUT2D eigenvalue weighted by Gasteiger charge is -2.14. The SMILES string of the molecule is CCCCOc1ccc(NCCOc2ccccc2C(C)C)cc1. The van der Waals surface area contributed by atoms with E-state index in [4.69, 9.17) is 9.47 Å². The van der Waals surface area contributed by atoms with Gasteiger partial charge >= 0.3 is 0 Å². The molecule has 130 valence electrons. The van der Waals surface area contributed by atoms with Crippen molar-refractivity contribution in [3.8, 4) is 11.5 Å². The van der Waals surface area contributed by atoms with Crippen LogP contribution in [0.25, 0.3) is 0 Å². The van der Waals surface area contributed by atoms with E-state index in [0.717, 1.165) is 43.2 Å². The zero-order valence-corrected chi connectivity index (χ0v) is 15.0. The first-order valence-electron chi connectivity index (χ1n) is 8.89. The predicted molar refractivity (Wildman–Crippen MR) is 101 cm³/mol. The Balaban J connectivity index is 1.74. The van der Waals surface area contributed by atoms with Crippen LogP contribution in [-0.4, -0.2) is 19.8 Å². The fraction of sp³-hybridized carbons (Fsp3) is 0.429. The Hall–Kier alpha value is -2.16. The molecule has 0 spiro atoms. The Morgan fingerprint density at radius 3 is 2.38 bits per heavy atom. The fourth-order valence-corrected chi connectivity index (χ4v) is 2.45. The lowest BCUT2D eigenvalue weighted by molar-refractivity contribution is 0.309. The van der Waals surface area contributed by atoms with Crippen LogP contribution in [0.2, 0.25) is 0 Å². The molecule has 0 bridgehead atoms. The van der Waals surface area contributed by atoms with Gasteiger partial charge in [0, 0.05) is 12.2 Å². The Morgan fingerprint density at radius 2 is 1.67 bits per heavy atom. The molecule has 3 heteroatoms. The summed E-state index contributed by atoms with van der Waals surface area (Å²) in [5.74, 6) is 2.37. The molecule has 0 aliphatic carbocycles. The van der Waals surface area contributed by atoms with E-state index in [2.05, 4.69) is 38.2 Å². The van der Waals surface area contributed by atoms with Gasteiger partial charge in [-0.25, -0.2) is 0 Å². The van der Waals surface area contributed by atoms with Crippen LogP contribution in [0, 0.1) is 0 Å². The van der Waals surface area contributed by atoms with E-state index < -0.39 is 0 Å². The van der Waals surface area contributed by atoms with Crippen LogP contribution >= 0.6 is 0 Å². The van der Waals surface area contributed by atoms with Crippen LogP contribution in [0.5, 0.6) is 11.5 Å². The average Bonchev–Trinajstić information content (AvgIpc) is 2.60. The number of rotatable bonds is 10. The molecule has 0 fully saturated rings. The number of hydrogen-bond acceptors (Lipinski definition) is 3. The molecule has 2 rings (SSSR count). The summed E-state index contributed by atoms with van der Waals surface area (Å²) in [4.78, 5) is 0. The molecule has 0 atom stereocenters. The molecule has 1 N–H and O–H groups in total. The molecule has 2 aromatic carbocycles. The first kappa shape index (κ1) is 18.2. The molecule has 0 saturated heterocycles. The van der Waals surface area contributed by atoms with E-state index in [1.165, 1.54) is 5.56 Å². The van der Waals surface area contributed by atoms with Crippen LogP contribution in [0.3, 0.4) is 0 Å². The van der Waals surface area contributed by atoms with E-state index in [1.807, 2.05) is 36.4 Å². The van der Waals surface area contributed by atoms with Gasteiger partial charge in [0.15, 0.2) is 0 Å². The fourth-order valence-electron chi connectivity index (χ4n) is 2.45. The van der Waals surface area contributed by atoms with Gasteiger partial charge in [0.2, 0.25) is 0 Å². The molecule has 3 nitrogen and oxygen atoms in total. The molecule has 0 aliphatic heterocycles. The number of unbranched alkanes of at least 4 members (excludes halogenated alkanes) is 1. The number of nitrogens with one attached hydrogen (secondary N) is 1. The van der Waals surface area contributed by atoms with E-state index in [1.54, 1.807) is 0 Å². The maximum atomic E-state index is 5.92. The average molecular weight is 327 g/mol. The van der Waals surface area contributed by atoms with Crippen molar-refractivity contribution in [3.63, 3.8) is 0 Å². The number of anilines is 1. The Labute approximate surface area is 146 Å². The lowest BCUT2D eigenvalue weighted by atomic mass is 10.0. The minimum Gasteiger partial charge on any atom is -0.494 e. The normalized spacial score (nSPS) is 10.7. The lowest BCUT2D eigenvalue weighted by Crippen LogP contribution is -2.12. The summed E-state index contributed by atoms with van der Waals surface area (Å²) in [6.07, 6.45) is 2.24. The minimum absolute atomic E-state index is 0.467. The highest BCUT2D eigenvalue weighted by Crippen LogP contribution is 2.25. The number of benzene rings is 2. The summed E-state index contributed by atoms with van der Waals surface area (Å²) >= 11 is 0. The standard InChI is InChI=1S/C21H29NO2/c1-4-5-15-23-19-12-10-18(11-13-19)22-14-16-24-21-9-7-6-8-20(21)17(2)3/h6-13,17,22H,4-5,14-16H2,1-3H3. The van der Waals surface area contributed by atoms with E-state index in [0.29, 0.717) is 12.5 Å². The smallest absolute Gasteiger partial charge is 0.122 e. The van der Waals surface area contributed by atoms with Gasteiger partial charge < -0.3 is 14.8 Å². The summed E-state index contributed by atoms with van der Waals surface area (Å²) in [6.45, 7) is 8.72. The second kappa shape index (κ2) is 9.86. The summed E-state index contributed by atoms with van der Waals surface area (Å²) in [5, 5.41) is 3.38. The van der Waals surface area contributed by atoms with Crippen molar-refractivity contribution in [1.82, 2.24) is 0 Å². The van der Waals surface area contributed by atoms with Crippen molar-refractivity contribution in [2.24, 2.45) is 0 Å². The van der Waals surface area contributed by atoms with Crippen LogP contribution in [0.1, 0.15) is 45.1 Å². The molecule has 0 saturated carbocycles. The van der Waals surface area contributed by atoms with Crippen molar-refractivity contribution < 1.29 is 9.47 Å². The first-order valence-corrected chi connectivity index (χ1v) is 8.89. The van der Waals surface area contributed by atoms with Gasteiger partial charge in [0.05, 0.1) is 6.61 Å². The van der Waals surface area contributed by atoms with Crippen LogP contribution in [0.4, 0.5) is 5.69 Å². The third-order valence-electron chi connectivity index (χ3n) is 3.85. The van der Waals surface area contributed by atoms with Gasteiger partial charge in [-0.2, -0.15) is 0 Å². The third kappa shape index (κ3) is 5.80. The summed E-state index contributed by atoms with van der Waals surface area (Å²) in [7, 11) is 0. The molecule has 2 aromatic rings. The second-order valence-electron chi connectivity index (χ2n) is 6.19. The van der Waals surface area contributed by atoms with Crippen molar-refractivity contribution in [3.05, 3.63) is 54.1 Å². The number of para-hydroxylation sites is 1. The molecule has 0 aliphatic rings. The highest BCUT2D eigenvalue weighted by molar-refractivity contribution is 5.46. The zero-order valence-electron chi connectivity index (χ0n) is 15.0. The van der Waals surface area contributed by atoms with Crippen molar-refractivity contribution in [2.75, 3.05) is 25.1 Å². The summed E-state index contributed by atoms with van der Waals surface area (Å²) < 4.78 is 11.6. The van der Waals surface area contributed by atoms with Crippen molar-refractivity contribution in [2.45, 2.75) is 39.5 Å². The molecule has 0 amide bonds. The molecule has 0 aromatic heterocycles. The second-order valence-corrected chi connectivity index (χ2v) is 6.19. The molecule has 0 radical (unpaired) electrons. The highest BCUT2D eigenvalue weighted by Gasteiger charge is 2.06. The van der Waals surface area contributed by atoms with Gasteiger partial charge in [0.25, 0.3) is 0 Å². The predicted octanol–water partition coefficient (Wildman–Crippen LogP) is 5.48. The van der Waals surface area contributed by atoms with Gasteiger partial charge in [-0.1, -0.05) is 45.4 Å². The molecule has 0 unspecified atom stereocenters.